The molecule has 6 N–H and O–H groups in total. The smallest absolute Gasteiger partial charge is 0.254 e. The highest BCUT2D eigenvalue weighted by atomic mass is 35.5. The first-order chi connectivity index (χ1) is 10.9. The SMILES string of the molecule is CC(C)c1nn(-c2c(Cl)cc(S(N)(=O)=O)cc2Cl)c(N)c1C(N)=O. The zero-order valence-corrected chi connectivity index (χ0v) is 15.1. The van der Waals surface area contributed by atoms with Gasteiger partial charge < -0.3 is 11.5 Å². The fourth-order valence-electron chi connectivity index (χ4n) is 2.18. The van der Waals surface area contributed by atoms with Crippen molar-refractivity contribution in [3.8, 4) is 5.69 Å². The maximum atomic E-state index is 11.7. The van der Waals surface area contributed by atoms with Crippen LogP contribution in [0.15, 0.2) is 17.0 Å². The van der Waals surface area contributed by atoms with Gasteiger partial charge in [0.25, 0.3) is 5.91 Å². The molecule has 1 amide bonds. The van der Waals surface area contributed by atoms with Crippen LogP contribution in [0.1, 0.15) is 35.8 Å². The van der Waals surface area contributed by atoms with E-state index in [1.165, 1.54) is 0 Å². The van der Waals surface area contributed by atoms with E-state index in [0.29, 0.717) is 5.69 Å². The van der Waals surface area contributed by atoms with Crippen molar-refractivity contribution in [1.82, 2.24) is 9.78 Å². The minimum absolute atomic E-state index is 0.0432. The number of benzene rings is 1. The summed E-state index contributed by atoms with van der Waals surface area (Å²) in [5.41, 5.74) is 11.9. The third-order valence-electron chi connectivity index (χ3n) is 3.27. The van der Waals surface area contributed by atoms with Gasteiger partial charge in [-0.15, -0.1) is 0 Å². The van der Waals surface area contributed by atoms with E-state index >= 15 is 0 Å². The molecule has 0 saturated heterocycles. The van der Waals surface area contributed by atoms with Crippen LogP contribution in [0.2, 0.25) is 10.0 Å². The molecule has 1 heterocycles. The molecule has 0 saturated carbocycles. The van der Waals surface area contributed by atoms with E-state index in [1.807, 2.05) is 13.8 Å². The van der Waals surface area contributed by atoms with Crippen molar-refractivity contribution in [2.24, 2.45) is 10.9 Å². The normalized spacial score (nSPS) is 11.9. The quantitative estimate of drug-likeness (QED) is 0.723. The summed E-state index contributed by atoms with van der Waals surface area (Å²) >= 11 is 12.3. The van der Waals surface area contributed by atoms with Gasteiger partial charge in [0.05, 0.1) is 20.6 Å². The van der Waals surface area contributed by atoms with E-state index in [0.717, 1.165) is 16.8 Å². The molecule has 0 aliphatic rings. The summed E-state index contributed by atoms with van der Waals surface area (Å²) < 4.78 is 24.0. The molecule has 8 nitrogen and oxygen atoms in total. The van der Waals surface area contributed by atoms with Crippen molar-refractivity contribution < 1.29 is 13.2 Å². The molecule has 0 atom stereocenters. The van der Waals surface area contributed by atoms with Crippen molar-refractivity contribution in [3.05, 3.63) is 33.4 Å². The summed E-state index contributed by atoms with van der Waals surface area (Å²) in [5, 5.41) is 9.22. The largest absolute Gasteiger partial charge is 0.383 e. The lowest BCUT2D eigenvalue weighted by molar-refractivity contribution is 0.1000. The van der Waals surface area contributed by atoms with Crippen LogP contribution >= 0.6 is 23.2 Å². The van der Waals surface area contributed by atoms with Gasteiger partial charge in [-0.25, -0.2) is 18.2 Å². The number of rotatable bonds is 4. The molecule has 0 aliphatic carbocycles. The van der Waals surface area contributed by atoms with Gasteiger partial charge in [0.1, 0.15) is 17.1 Å². The van der Waals surface area contributed by atoms with Gasteiger partial charge in [-0.3, -0.25) is 4.79 Å². The van der Waals surface area contributed by atoms with Crippen molar-refractivity contribution in [1.29, 1.82) is 0 Å². The molecule has 11 heteroatoms. The van der Waals surface area contributed by atoms with Gasteiger partial charge in [0, 0.05) is 0 Å². The Kier molecular flexibility index (Phi) is 4.82. The first-order valence-corrected chi connectivity index (χ1v) is 8.95. The first kappa shape index (κ1) is 18.5. The molecule has 1 aromatic carbocycles. The molecule has 130 valence electrons. The Labute approximate surface area is 148 Å². The van der Waals surface area contributed by atoms with Crippen molar-refractivity contribution in [3.63, 3.8) is 0 Å². The first-order valence-electron chi connectivity index (χ1n) is 6.65. The molecular weight excluding hydrogens is 377 g/mol. The third-order valence-corrected chi connectivity index (χ3v) is 4.74. The summed E-state index contributed by atoms with van der Waals surface area (Å²) in [6.45, 7) is 3.62. The molecule has 1 aromatic heterocycles. The number of sulfonamides is 1. The highest BCUT2D eigenvalue weighted by molar-refractivity contribution is 7.89. The molecule has 0 unspecified atom stereocenters. The summed E-state index contributed by atoms with van der Waals surface area (Å²) in [7, 11) is -3.99. The van der Waals surface area contributed by atoms with Gasteiger partial charge in [-0.05, 0) is 18.1 Å². The van der Waals surface area contributed by atoms with Crippen LogP contribution in [-0.2, 0) is 10.0 Å². The van der Waals surface area contributed by atoms with Gasteiger partial charge in [-0.1, -0.05) is 37.0 Å². The van der Waals surface area contributed by atoms with Gasteiger partial charge in [0.15, 0.2) is 0 Å². The number of nitrogens with zero attached hydrogens (tertiary/aromatic N) is 2. The Balaban J connectivity index is 2.79. The summed E-state index contributed by atoms with van der Waals surface area (Å²) in [5.74, 6) is -0.925. The van der Waals surface area contributed by atoms with E-state index < -0.39 is 15.9 Å². The number of carbonyl (C=O) groups excluding carboxylic acids is 1. The van der Waals surface area contributed by atoms with E-state index in [-0.39, 0.29) is 37.9 Å². The van der Waals surface area contributed by atoms with Crippen LogP contribution in [0.4, 0.5) is 5.82 Å². The van der Waals surface area contributed by atoms with Gasteiger partial charge in [0.2, 0.25) is 10.0 Å². The van der Waals surface area contributed by atoms with Crippen LogP contribution in [0, 0.1) is 0 Å². The monoisotopic (exact) mass is 391 g/mol. The minimum atomic E-state index is -3.99. The maximum Gasteiger partial charge on any atom is 0.254 e. The Morgan fingerprint density at radius 1 is 1.25 bits per heavy atom. The maximum absolute atomic E-state index is 11.7. The van der Waals surface area contributed by atoms with E-state index in [2.05, 4.69) is 5.10 Å². The number of primary amides is 1. The highest BCUT2D eigenvalue weighted by Crippen LogP contribution is 2.35. The Bertz CT molecular complexity index is 914. The van der Waals surface area contributed by atoms with Crippen LogP contribution in [0.5, 0.6) is 0 Å². The lowest BCUT2D eigenvalue weighted by atomic mass is 10.1. The Morgan fingerprint density at radius 3 is 2.08 bits per heavy atom. The average molecular weight is 392 g/mol. The van der Waals surface area contributed by atoms with E-state index in [1.54, 1.807) is 0 Å². The number of hydrogen-bond acceptors (Lipinski definition) is 5. The van der Waals surface area contributed by atoms with E-state index in [9.17, 15) is 13.2 Å². The second kappa shape index (κ2) is 6.25. The zero-order chi connectivity index (χ0) is 18.4. The predicted octanol–water partition coefficient (Wildman–Crippen LogP) is 1.63. The second-order valence-corrected chi connectivity index (χ2v) is 7.73. The van der Waals surface area contributed by atoms with E-state index in [4.69, 9.17) is 39.8 Å². The minimum Gasteiger partial charge on any atom is -0.383 e. The third kappa shape index (κ3) is 3.20. The van der Waals surface area contributed by atoms with Crippen molar-refractivity contribution in [2.75, 3.05) is 5.73 Å². The molecule has 2 aromatic rings. The molecule has 24 heavy (non-hydrogen) atoms. The van der Waals surface area contributed by atoms with Crippen LogP contribution in [-0.4, -0.2) is 24.1 Å². The molecule has 0 bridgehead atoms. The summed E-state index contributed by atoms with van der Waals surface area (Å²) in [4.78, 5) is 11.4. The topological polar surface area (TPSA) is 147 Å². The zero-order valence-electron chi connectivity index (χ0n) is 12.7. The number of primary sulfonamides is 1. The molecular formula is C13H15Cl2N5O3S. The fraction of sp³-hybridized carbons (Fsp3) is 0.231. The Hall–Kier alpha value is -1.81. The lowest BCUT2D eigenvalue weighted by Gasteiger charge is -2.11. The molecule has 0 spiro atoms. The Morgan fingerprint density at radius 2 is 1.75 bits per heavy atom. The molecule has 2 rings (SSSR count). The number of anilines is 1. The number of aromatic nitrogens is 2. The highest BCUT2D eigenvalue weighted by Gasteiger charge is 2.25. The lowest BCUT2D eigenvalue weighted by Crippen LogP contribution is -2.15. The predicted molar refractivity (Wildman–Crippen MR) is 92.0 cm³/mol. The van der Waals surface area contributed by atoms with Gasteiger partial charge >= 0.3 is 0 Å². The van der Waals surface area contributed by atoms with Gasteiger partial charge in [-0.2, -0.15) is 5.10 Å². The molecule has 0 aliphatic heterocycles. The second-order valence-electron chi connectivity index (χ2n) is 5.36. The van der Waals surface area contributed by atoms with Crippen LogP contribution in [0.25, 0.3) is 5.69 Å². The average Bonchev–Trinajstić information content (AvgIpc) is 2.75. The number of halogens is 2. The summed E-state index contributed by atoms with van der Waals surface area (Å²) in [6, 6.07) is 2.25. The standard InChI is InChI=1S/C13H15Cl2N5O3S/c1-5(2)10-9(13(17)21)12(16)20(19-10)11-7(14)3-6(4-8(11)15)24(18,22)23/h3-5H,16H2,1-2H3,(H2,17,21)(H2,18,22,23). The molecule has 0 fully saturated rings. The number of nitrogens with two attached hydrogens (primary N) is 3. The van der Waals surface area contributed by atoms with Crippen LogP contribution < -0.4 is 16.6 Å². The number of carbonyl (C=O) groups is 1. The molecule has 0 radical (unpaired) electrons. The number of nitrogen functional groups attached to an aromatic ring is 1. The number of hydrogen-bond donors (Lipinski definition) is 3. The van der Waals surface area contributed by atoms with Crippen molar-refractivity contribution in [2.45, 2.75) is 24.7 Å². The summed E-state index contributed by atoms with van der Waals surface area (Å²) in [6.07, 6.45) is 0. The fourth-order valence-corrected chi connectivity index (χ4v) is 3.53. The van der Waals surface area contributed by atoms with Crippen molar-refractivity contribution >= 4 is 45.0 Å². The van der Waals surface area contributed by atoms with Crippen LogP contribution in [0.3, 0.4) is 0 Å². The number of amides is 1.